The molecular weight excluding hydrogens is 460 g/mol. The molecule has 0 atom stereocenters. The molecule has 1 aliphatic heterocycles. The Bertz CT molecular complexity index is 1080. The Morgan fingerprint density at radius 2 is 1.83 bits per heavy atom. The molecule has 1 saturated heterocycles. The zero-order chi connectivity index (χ0) is 25.9. The van der Waals surface area contributed by atoms with Gasteiger partial charge in [0.2, 0.25) is 5.95 Å². The molecule has 198 valence electrons. The third-order valence-corrected chi connectivity index (χ3v) is 6.49. The molecule has 0 aliphatic carbocycles. The molecule has 1 aliphatic rings. The van der Waals surface area contributed by atoms with Gasteiger partial charge in [0.05, 0.1) is 26.5 Å². The summed E-state index contributed by atoms with van der Waals surface area (Å²) < 4.78 is 7.33. The molecule has 0 bridgehead atoms. The van der Waals surface area contributed by atoms with Crippen molar-refractivity contribution in [2.24, 2.45) is 0 Å². The molecule has 0 radical (unpaired) electrons. The highest BCUT2D eigenvalue weighted by atomic mass is 16.5. The van der Waals surface area contributed by atoms with E-state index in [1.165, 1.54) is 24.8 Å². The van der Waals surface area contributed by atoms with Gasteiger partial charge in [-0.05, 0) is 49.9 Å². The summed E-state index contributed by atoms with van der Waals surface area (Å²) >= 11 is 0. The molecule has 11 heteroatoms. The topological polar surface area (TPSA) is 161 Å². The van der Waals surface area contributed by atoms with Crippen LogP contribution in [-0.2, 0) is 6.54 Å². The third kappa shape index (κ3) is 7.25. The summed E-state index contributed by atoms with van der Waals surface area (Å²) in [5.41, 5.74) is 14.8. The number of nitrogens with two attached hydrogens (primary N) is 2. The van der Waals surface area contributed by atoms with Crippen LogP contribution in [0.3, 0.4) is 0 Å². The third-order valence-electron chi connectivity index (χ3n) is 6.49. The second-order valence-corrected chi connectivity index (χ2v) is 9.04. The summed E-state index contributed by atoms with van der Waals surface area (Å²) in [6.45, 7) is 5.83. The van der Waals surface area contributed by atoms with E-state index in [1.807, 2.05) is 6.20 Å². The Labute approximate surface area is 212 Å². The summed E-state index contributed by atoms with van der Waals surface area (Å²) in [4.78, 5) is 15.1. The number of β-amino-alcohol motifs (C(OH)–C–C–N with tert-alkyl or cyclic N) is 1. The average Bonchev–Trinajstić information content (AvgIpc) is 3.28. The van der Waals surface area contributed by atoms with E-state index in [4.69, 9.17) is 26.4 Å². The molecule has 0 saturated carbocycles. The van der Waals surface area contributed by atoms with Crippen LogP contribution >= 0.6 is 0 Å². The van der Waals surface area contributed by atoms with Crippen LogP contribution in [0.1, 0.15) is 62.6 Å². The number of likely N-dealkylation sites (tertiary alicyclic amines) is 1. The number of hydrogen-bond acceptors (Lipinski definition) is 10. The molecule has 0 spiro atoms. The van der Waals surface area contributed by atoms with Gasteiger partial charge < -0.3 is 31.3 Å². The first-order valence-electron chi connectivity index (χ1n) is 12.7. The SMILES string of the molecule is CCCCCCO.COc1cc(C2CCN(CCO)CC2)cnc1Cn1ncc2nc(N)nc(N)c21. The molecule has 1 fully saturated rings. The number of hydrogen-bond donors (Lipinski definition) is 4. The number of methoxy groups -OCH3 is 1. The van der Waals surface area contributed by atoms with Gasteiger partial charge in [-0.15, -0.1) is 0 Å². The number of pyridine rings is 1. The van der Waals surface area contributed by atoms with E-state index in [0.29, 0.717) is 30.1 Å². The predicted molar refractivity (Wildman–Crippen MR) is 141 cm³/mol. The van der Waals surface area contributed by atoms with Crippen LogP contribution < -0.4 is 16.2 Å². The number of aliphatic hydroxyl groups is 2. The lowest BCUT2D eigenvalue weighted by molar-refractivity contribution is 0.164. The van der Waals surface area contributed by atoms with Crippen molar-refractivity contribution in [2.45, 2.75) is 57.9 Å². The minimum Gasteiger partial charge on any atom is -0.495 e. The standard InChI is InChI=1S/C19H26N8O2.C6H14O/c1-29-16-8-13(12-2-4-26(5-3-12)6-7-28)9-22-15(16)11-27-17-14(10-23-27)24-19(21)25-18(17)20;1-2-3-4-5-6-7/h8-10,12,28H,2-7,11H2,1H3,(H4,20,21,24,25);7H,2-6H2,1H3. The molecule has 3 aromatic heterocycles. The number of piperidine rings is 1. The minimum atomic E-state index is 0.125. The van der Waals surface area contributed by atoms with Crippen LogP contribution in [0.25, 0.3) is 11.0 Å². The summed E-state index contributed by atoms with van der Waals surface area (Å²) in [6, 6.07) is 2.07. The Hall–Kier alpha value is -3.02. The first kappa shape index (κ1) is 27.6. The number of unbranched alkanes of at least 4 members (excludes halogenated alkanes) is 3. The summed E-state index contributed by atoms with van der Waals surface area (Å²) in [6.07, 6.45) is 10.3. The van der Waals surface area contributed by atoms with Crippen LogP contribution in [0, 0.1) is 0 Å². The second-order valence-electron chi connectivity index (χ2n) is 9.04. The van der Waals surface area contributed by atoms with Gasteiger partial charge in [-0.2, -0.15) is 10.1 Å². The van der Waals surface area contributed by atoms with E-state index in [2.05, 4.69) is 37.9 Å². The molecule has 0 amide bonds. The van der Waals surface area contributed by atoms with E-state index >= 15 is 0 Å². The lowest BCUT2D eigenvalue weighted by atomic mass is 9.90. The lowest BCUT2D eigenvalue weighted by Crippen LogP contribution is -2.35. The van der Waals surface area contributed by atoms with Gasteiger partial charge >= 0.3 is 0 Å². The zero-order valence-corrected chi connectivity index (χ0v) is 21.4. The van der Waals surface area contributed by atoms with E-state index in [-0.39, 0.29) is 18.4 Å². The van der Waals surface area contributed by atoms with Crippen LogP contribution in [-0.4, -0.2) is 79.8 Å². The number of anilines is 2. The molecular formula is C25H40N8O3. The Morgan fingerprint density at radius 3 is 2.50 bits per heavy atom. The van der Waals surface area contributed by atoms with Gasteiger partial charge in [0.1, 0.15) is 22.5 Å². The van der Waals surface area contributed by atoms with Crippen molar-refractivity contribution < 1.29 is 14.9 Å². The molecule has 4 heterocycles. The molecule has 3 aromatic rings. The van der Waals surface area contributed by atoms with Gasteiger partial charge in [-0.25, -0.2) is 4.98 Å². The maximum Gasteiger partial charge on any atom is 0.222 e. The largest absolute Gasteiger partial charge is 0.495 e. The van der Waals surface area contributed by atoms with Gasteiger partial charge in [0.25, 0.3) is 0 Å². The van der Waals surface area contributed by atoms with Gasteiger partial charge in [-0.3, -0.25) is 9.67 Å². The monoisotopic (exact) mass is 500 g/mol. The minimum absolute atomic E-state index is 0.125. The number of aliphatic hydroxyl groups excluding tert-OH is 2. The van der Waals surface area contributed by atoms with Gasteiger partial charge in [-0.1, -0.05) is 26.2 Å². The van der Waals surface area contributed by atoms with E-state index < -0.39 is 0 Å². The van der Waals surface area contributed by atoms with Crippen LogP contribution in [0.5, 0.6) is 5.75 Å². The molecule has 36 heavy (non-hydrogen) atoms. The fourth-order valence-corrected chi connectivity index (χ4v) is 4.48. The highest BCUT2D eigenvalue weighted by Gasteiger charge is 2.22. The fraction of sp³-hybridized carbons (Fsp3) is 0.600. The lowest BCUT2D eigenvalue weighted by Gasteiger charge is -2.31. The first-order chi connectivity index (χ1) is 17.5. The van der Waals surface area contributed by atoms with Crippen LogP contribution in [0.2, 0.25) is 0 Å². The quantitative estimate of drug-likeness (QED) is 0.304. The van der Waals surface area contributed by atoms with Crippen molar-refractivity contribution in [3.05, 3.63) is 29.7 Å². The maximum absolute atomic E-state index is 9.11. The molecule has 0 aromatic carbocycles. The van der Waals surface area contributed by atoms with E-state index in [1.54, 1.807) is 18.0 Å². The van der Waals surface area contributed by atoms with Crippen molar-refractivity contribution in [3.8, 4) is 5.75 Å². The van der Waals surface area contributed by atoms with Crippen LogP contribution in [0.4, 0.5) is 11.8 Å². The smallest absolute Gasteiger partial charge is 0.222 e. The Morgan fingerprint density at radius 1 is 1.06 bits per heavy atom. The Kier molecular flexibility index (Phi) is 10.6. The van der Waals surface area contributed by atoms with Crippen LogP contribution in [0.15, 0.2) is 18.5 Å². The number of nitrogens with zero attached hydrogens (tertiary/aromatic N) is 6. The Balaban J connectivity index is 0.000000454. The molecule has 11 nitrogen and oxygen atoms in total. The number of fused-ring (bicyclic) bond motifs is 1. The zero-order valence-electron chi connectivity index (χ0n) is 21.4. The van der Waals surface area contributed by atoms with Gasteiger partial charge in [0, 0.05) is 19.3 Å². The van der Waals surface area contributed by atoms with Crippen molar-refractivity contribution in [1.82, 2.24) is 29.6 Å². The summed E-state index contributed by atoms with van der Waals surface area (Å²) in [5, 5.41) is 21.8. The molecule has 0 unspecified atom stereocenters. The highest BCUT2D eigenvalue weighted by molar-refractivity contribution is 5.85. The molecule has 6 N–H and O–H groups in total. The number of nitrogen functional groups attached to an aromatic ring is 2. The van der Waals surface area contributed by atoms with E-state index in [0.717, 1.165) is 50.3 Å². The number of aromatic nitrogens is 5. The highest BCUT2D eigenvalue weighted by Crippen LogP contribution is 2.31. The van der Waals surface area contributed by atoms with E-state index in [9.17, 15) is 0 Å². The fourth-order valence-electron chi connectivity index (χ4n) is 4.48. The maximum atomic E-state index is 9.11. The van der Waals surface area contributed by atoms with Gasteiger partial charge in [0.15, 0.2) is 5.82 Å². The summed E-state index contributed by atoms with van der Waals surface area (Å²) in [5.74, 6) is 1.58. The van der Waals surface area contributed by atoms with Crippen molar-refractivity contribution in [3.63, 3.8) is 0 Å². The number of ether oxygens (including phenoxy) is 1. The second kappa shape index (κ2) is 13.9. The summed E-state index contributed by atoms with van der Waals surface area (Å²) in [7, 11) is 1.65. The predicted octanol–water partition coefficient (Wildman–Crippen LogP) is 2.17. The first-order valence-corrected chi connectivity index (χ1v) is 12.7. The van der Waals surface area contributed by atoms with Crippen molar-refractivity contribution in [1.29, 1.82) is 0 Å². The number of rotatable bonds is 10. The van der Waals surface area contributed by atoms with Crippen molar-refractivity contribution in [2.75, 3.05) is 51.4 Å². The average molecular weight is 501 g/mol. The molecule has 4 rings (SSSR count). The van der Waals surface area contributed by atoms with Crippen molar-refractivity contribution >= 4 is 22.8 Å². The normalized spacial score (nSPS) is 14.6.